The minimum absolute atomic E-state index is 0.0647. The van der Waals surface area contributed by atoms with Crippen molar-refractivity contribution >= 4 is 34.5 Å². The van der Waals surface area contributed by atoms with Gasteiger partial charge in [0, 0.05) is 4.88 Å². The van der Waals surface area contributed by atoms with Crippen molar-refractivity contribution in [3.63, 3.8) is 0 Å². The van der Waals surface area contributed by atoms with Crippen LogP contribution in [0.25, 0.3) is 0 Å². The van der Waals surface area contributed by atoms with Crippen molar-refractivity contribution in [2.45, 2.75) is 26.2 Å². The maximum atomic E-state index is 12.3. The third kappa shape index (κ3) is 2.74. The van der Waals surface area contributed by atoms with E-state index in [0.29, 0.717) is 10.7 Å². The summed E-state index contributed by atoms with van der Waals surface area (Å²) in [6, 6.07) is 9.35. The van der Waals surface area contributed by atoms with Crippen LogP contribution in [0.3, 0.4) is 0 Å². The molecule has 0 aliphatic heterocycles. The normalized spacial score (nSPS) is 17.6. The maximum absolute atomic E-state index is 12.3. The molecule has 2 nitrogen and oxygen atoms in total. The lowest BCUT2D eigenvalue weighted by molar-refractivity contribution is 0.103. The van der Waals surface area contributed by atoms with E-state index in [1.165, 1.54) is 16.9 Å². The number of para-hydroxylation sites is 1. The van der Waals surface area contributed by atoms with Crippen molar-refractivity contribution in [2.24, 2.45) is 5.92 Å². The van der Waals surface area contributed by atoms with Crippen LogP contribution < -0.4 is 5.32 Å². The van der Waals surface area contributed by atoms with Crippen molar-refractivity contribution in [1.82, 2.24) is 0 Å². The van der Waals surface area contributed by atoms with Gasteiger partial charge in [-0.2, -0.15) is 0 Å². The highest BCUT2D eigenvalue weighted by molar-refractivity contribution is 7.14. The van der Waals surface area contributed by atoms with Gasteiger partial charge in [0.25, 0.3) is 5.91 Å². The molecule has 0 bridgehead atoms. The van der Waals surface area contributed by atoms with Gasteiger partial charge in [-0.25, -0.2) is 0 Å². The molecule has 1 N–H and O–H groups in total. The molecular formula is C16H16ClNOS. The van der Waals surface area contributed by atoms with Crippen LogP contribution in [-0.2, 0) is 12.8 Å². The average Bonchev–Trinajstić information content (AvgIpc) is 2.84. The summed E-state index contributed by atoms with van der Waals surface area (Å²) in [6.45, 7) is 2.27. The maximum Gasteiger partial charge on any atom is 0.265 e. The lowest BCUT2D eigenvalue weighted by Crippen LogP contribution is -2.10. The van der Waals surface area contributed by atoms with E-state index in [4.69, 9.17) is 11.6 Å². The van der Waals surface area contributed by atoms with Crippen LogP contribution in [0.1, 0.15) is 33.5 Å². The highest BCUT2D eigenvalue weighted by atomic mass is 35.5. The van der Waals surface area contributed by atoms with Crippen LogP contribution in [-0.4, -0.2) is 5.91 Å². The number of halogens is 1. The van der Waals surface area contributed by atoms with Gasteiger partial charge in [-0.1, -0.05) is 30.7 Å². The number of carbonyl (C=O) groups is 1. The molecule has 1 aromatic carbocycles. The lowest BCUT2D eigenvalue weighted by atomic mass is 9.90. The van der Waals surface area contributed by atoms with E-state index in [0.717, 1.165) is 23.6 Å². The molecule has 0 spiro atoms. The minimum Gasteiger partial charge on any atom is -0.320 e. The number of hydrogen-bond donors (Lipinski definition) is 1. The Balaban J connectivity index is 1.80. The fourth-order valence-corrected chi connectivity index (χ4v) is 3.85. The van der Waals surface area contributed by atoms with E-state index >= 15 is 0 Å². The molecule has 1 aliphatic carbocycles. The number of aryl methyl sites for hydroxylation is 1. The Hall–Kier alpha value is -1.32. The van der Waals surface area contributed by atoms with E-state index in [-0.39, 0.29) is 5.91 Å². The Morgan fingerprint density at radius 2 is 2.20 bits per heavy atom. The summed E-state index contributed by atoms with van der Waals surface area (Å²) in [5.41, 5.74) is 2.01. The summed E-state index contributed by atoms with van der Waals surface area (Å²) in [4.78, 5) is 14.5. The molecule has 0 saturated carbocycles. The zero-order valence-electron chi connectivity index (χ0n) is 11.3. The Kier molecular flexibility index (Phi) is 3.81. The summed E-state index contributed by atoms with van der Waals surface area (Å²) in [5, 5.41) is 3.45. The largest absolute Gasteiger partial charge is 0.320 e. The predicted octanol–water partition coefficient (Wildman–Crippen LogP) is 4.78. The summed E-state index contributed by atoms with van der Waals surface area (Å²) in [5.74, 6) is 0.654. The Labute approximate surface area is 127 Å². The summed E-state index contributed by atoms with van der Waals surface area (Å²) in [7, 11) is 0. The average molecular weight is 306 g/mol. The first kappa shape index (κ1) is 13.7. The van der Waals surface area contributed by atoms with Gasteiger partial charge < -0.3 is 5.32 Å². The van der Waals surface area contributed by atoms with E-state index in [9.17, 15) is 4.79 Å². The fourth-order valence-electron chi connectivity index (χ4n) is 2.56. The van der Waals surface area contributed by atoms with E-state index < -0.39 is 0 Å². The van der Waals surface area contributed by atoms with Gasteiger partial charge in [-0.3, -0.25) is 4.79 Å². The van der Waals surface area contributed by atoms with Gasteiger partial charge in [0.15, 0.2) is 0 Å². The quantitative estimate of drug-likeness (QED) is 0.850. The molecule has 0 radical (unpaired) electrons. The molecule has 104 valence electrons. The number of benzene rings is 1. The number of carbonyl (C=O) groups excluding carboxylic acids is 1. The van der Waals surface area contributed by atoms with Crippen molar-refractivity contribution < 1.29 is 4.79 Å². The summed E-state index contributed by atoms with van der Waals surface area (Å²) in [6.07, 6.45) is 3.41. The molecule has 1 atom stereocenters. The molecule has 3 rings (SSSR count). The first-order valence-corrected chi connectivity index (χ1v) is 8.00. The first-order chi connectivity index (χ1) is 9.63. The zero-order chi connectivity index (χ0) is 14.1. The van der Waals surface area contributed by atoms with Crippen LogP contribution in [0, 0.1) is 5.92 Å². The molecular weight excluding hydrogens is 290 g/mol. The van der Waals surface area contributed by atoms with E-state index in [2.05, 4.69) is 12.2 Å². The van der Waals surface area contributed by atoms with Gasteiger partial charge >= 0.3 is 0 Å². The third-order valence-electron chi connectivity index (χ3n) is 3.68. The topological polar surface area (TPSA) is 29.1 Å². The number of anilines is 1. The first-order valence-electron chi connectivity index (χ1n) is 6.81. The number of amides is 1. The number of rotatable bonds is 2. The van der Waals surface area contributed by atoms with E-state index in [1.54, 1.807) is 17.4 Å². The van der Waals surface area contributed by atoms with Gasteiger partial charge in [0.2, 0.25) is 0 Å². The van der Waals surface area contributed by atoms with E-state index in [1.807, 2.05) is 24.3 Å². The van der Waals surface area contributed by atoms with Gasteiger partial charge in [0.05, 0.1) is 15.6 Å². The minimum atomic E-state index is -0.0647. The molecule has 4 heteroatoms. The molecule has 2 aromatic rings. The number of nitrogens with one attached hydrogen (secondary N) is 1. The molecule has 1 unspecified atom stereocenters. The standard InChI is InChI=1S/C16H16ClNOS/c1-10-6-7-14-11(8-10)9-15(20-14)16(19)18-13-5-3-2-4-12(13)17/h2-5,9-10H,6-8H2,1H3,(H,18,19). The SMILES string of the molecule is CC1CCc2sc(C(=O)Nc3ccccc3Cl)cc2C1. The van der Waals surface area contributed by atoms with Gasteiger partial charge in [-0.15, -0.1) is 11.3 Å². The molecule has 0 saturated heterocycles. The van der Waals surface area contributed by atoms with Crippen LogP contribution in [0.5, 0.6) is 0 Å². The lowest BCUT2D eigenvalue weighted by Gasteiger charge is -2.16. The number of fused-ring (bicyclic) bond motifs is 1. The second-order valence-corrected chi connectivity index (χ2v) is 6.88. The predicted molar refractivity (Wildman–Crippen MR) is 84.9 cm³/mol. The third-order valence-corrected chi connectivity index (χ3v) is 5.24. The summed E-state index contributed by atoms with van der Waals surface area (Å²) >= 11 is 7.68. The molecule has 20 heavy (non-hydrogen) atoms. The second-order valence-electron chi connectivity index (χ2n) is 5.34. The Morgan fingerprint density at radius 1 is 1.40 bits per heavy atom. The molecule has 1 aliphatic rings. The van der Waals surface area contributed by atoms with Crippen LogP contribution in [0.4, 0.5) is 5.69 Å². The van der Waals surface area contributed by atoms with Crippen LogP contribution in [0.2, 0.25) is 5.02 Å². The van der Waals surface area contributed by atoms with Crippen LogP contribution in [0.15, 0.2) is 30.3 Å². The monoisotopic (exact) mass is 305 g/mol. The molecule has 0 fully saturated rings. The van der Waals surface area contributed by atoms with Gasteiger partial charge in [0.1, 0.15) is 0 Å². The number of thiophene rings is 1. The van der Waals surface area contributed by atoms with Gasteiger partial charge in [-0.05, 0) is 48.9 Å². The van der Waals surface area contributed by atoms with Crippen molar-refractivity contribution in [1.29, 1.82) is 0 Å². The van der Waals surface area contributed by atoms with Crippen molar-refractivity contribution in [3.05, 3.63) is 50.7 Å². The van der Waals surface area contributed by atoms with Crippen LogP contribution >= 0.6 is 22.9 Å². The number of hydrogen-bond acceptors (Lipinski definition) is 2. The molecule has 1 amide bonds. The van der Waals surface area contributed by atoms with Crippen molar-refractivity contribution in [2.75, 3.05) is 5.32 Å². The Bertz CT molecular complexity index is 650. The summed E-state index contributed by atoms with van der Waals surface area (Å²) < 4.78 is 0. The van der Waals surface area contributed by atoms with Crippen molar-refractivity contribution in [3.8, 4) is 0 Å². The smallest absolute Gasteiger partial charge is 0.265 e. The molecule has 1 heterocycles. The zero-order valence-corrected chi connectivity index (χ0v) is 12.9. The molecule has 1 aromatic heterocycles. The second kappa shape index (κ2) is 5.58. The highest BCUT2D eigenvalue weighted by Crippen LogP contribution is 2.32. The fraction of sp³-hybridized carbons (Fsp3) is 0.312. The highest BCUT2D eigenvalue weighted by Gasteiger charge is 2.20. The Morgan fingerprint density at radius 3 is 3.00 bits per heavy atom.